The van der Waals surface area contributed by atoms with Crippen LogP contribution in [0, 0.1) is 0 Å². The van der Waals surface area contributed by atoms with E-state index < -0.39 is 12.2 Å². The van der Waals surface area contributed by atoms with Crippen LogP contribution >= 0.6 is 31.9 Å². The van der Waals surface area contributed by atoms with Crippen molar-refractivity contribution in [2.24, 2.45) is 5.10 Å². The van der Waals surface area contributed by atoms with Crippen LogP contribution in [0.4, 0.5) is 0 Å². The molecule has 0 saturated heterocycles. The van der Waals surface area contributed by atoms with E-state index in [9.17, 15) is 4.79 Å². The summed E-state index contributed by atoms with van der Waals surface area (Å²) in [6.07, 6.45) is 0.320. The van der Waals surface area contributed by atoms with Gasteiger partial charge in [-0.15, -0.1) is 0 Å². The van der Waals surface area contributed by atoms with Gasteiger partial charge in [-0.1, -0.05) is 31.9 Å². The summed E-state index contributed by atoms with van der Waals surface area (Å²) >= 11 is 6.99. The zero-order valence-corrected chi connectivity index (χ0v) is 24.2. The van der Waals surface area contributed by atoms with Crippen molar-refractivity contribution >= 4 is 43.5 Å². The zero-order chi connectivity index (χ0) is 26.9. The van der Waals surface area contributed by atoms with Crippen LogP contribution < -0.4 is 14.2 Å². The molecule has 0 saturated carbocycles. The molecular weight excluding hydrogens is 624 g/mol. The van der Waals surface area contributed by atoms with E-state index >= 15 is 0 Å². The molecule has 6 nitrogen and oxygen atoms in total. The Morgan fingerprint density at radius 1 is 0.923 bits per heavy atom. The Labute approximate surface area is 243 Å². The summed E-state index contributed by atoms with van der Waals surface area (Å²) in [5.74, 6) is 1.73. The van der Waals surface area contributed by atoms with Crippen molar-refractivity contribution in [2.75, 3.05) is 6.61 Å². The molecule has 0 bridgehead atoms. The zero-order valence-electron chi connectivity index (χ0n) is 21.0. The van der Waals surface area contributed by atoms with Gasteiger partial charge in [-0.05, 0) is 103 Å². The van der Waals surface area contributed by atoms with Gasteiger partial charge in [-0.25, -0.2) is 9.80 Å². The fraction of sp³-hybridized carbons (Fsp3) is 0.161. The van der Waals surface area contributed by atoms with Crippen molar-refractivity contribution in [2.45, 2.75) is 25.6 Å². The lowest BCUT2D eigenvalue weighted by molar-refractivity contribution is -0.0190. The number of hydrazone groups is 1. The van der Waals surface area contributed by atoms with Crippen LogP contribution in [0.15, 0.2) is 105 Å². The Hall–Kier alpha value is -3.62. The van der Waals surface area contributed by atoms with Crippen molar-refractivity contribution in [3.63, 3.8) is 0 Å². The van der Waals surface area contributed by atoms with Crippen LogP contribution in [0.2, 0.25) is 0 Å². The predicted molar refractivity (Wildman–Crippen MR) is 156 cm³/mol. The third kappa shape index (κ3) is 5.31. The number of hydrogen-bond acceptors (Lipinski definition) is 6. The molecule has 0 N–H and O–H groups in total. The van der Waals surface area contributed by atoms with E-state index in [0.29, 0.717) is 17.9 Å². The summed E-state index contributed by atoms with van der Waals surface area (Å²) in [5.41, 5.74) is 4.53. The van der Waals surface area contributed by atoms with E-state index in [1.807, 2.05) is 60.5 Å². The normalized spacial score (nSPS) is 17.5. The lowest BCUT2D eigenvalue weighted by Gasteiger charge is -2.38. The van der Waals surface area contributed by atoms with Crippen LogP contribution in [0.3, 0.4) is 0 Å². The average Bonchev–Trinajstić information content (AvgIpc) is 3.40. The standard InChI is InChI=1S/C31H24Br2N2O4/c1-2-37-24-12-5-19(6-13-24)27-18-28-26-17-23(33)11-16-29(26)39-30(35(28)34-27)20-7-14-25(15-8-20)38-31(36)21-3-9-22(32)10-4-21/h3-17,28,30H,2,18H2,1H3/t28-,30+/m1/s1. The predicted octanol–water partition coefficient (Wildman–Crippen LogP) is 8.07. The number of benzene rings is 4. The van der Waals surface area contributed by atoms with Crippen molar-refractivity contribution in [3.05, 3.63) is 122 Å². The second-order valence-corrected chi connectivity index (χ2v) is 11.1. The van der Waals surface area contributed by atoms with E-state index in [1.165, 1.54) is 0 Å². The number of nitrogens with zero attached hydrogens (tertiary/aromatic N) is 2. The minimum atomic E-state index is -0.430. The van der Waals surface area contributed by atoms with E-state index in [1.54, 1.807) is 24.3 Å². The smallest absolute Gasteiger partial charge is 0.343 e. The molecule has 2 aliphatic heterocycles. The summed E-state index contributed by atoms with van der Waals surface area (Å²) in [5, 5.41) is 7.07. The summed E-state index contributed by atoms with van der Waals surface area (Å²) in [7, 11) is 0. The maximum atomic E-state index is 12.6. The van der Waals surface area contributed by atoms with Gasteiger partial charge < -0.3 is 14.2 Å². The topological polar surface area (TPSA) is 60.4 Å². The van der Waals surface area contributed by atoms with Gasteiger partial charge in [0.05, 0.1) is 23.9 Å². The van der Waals surface area contributed by atoms with Gasteiger partial charge in [-0.3, -0.25) is 0 Å². The van der Waals surface area contributed by atoms with E-state index in [0.717, 1.165) is 49.3 Å². The van der Waals surface area contributed by atoms with Gasteiger partial charge in [0.25, 0.3) is 0 Å². The molecule has 2 heterocycles. The average molecular weight is 648 g/mol. The van der Waals surface area contributed by atoms with Crippen molar-refractivity contribution in [1.29, 1.82) is 0 Å². The van der Waals surface area contributed by atoms with Crippen molar-refractivity contribution in [3.8, 4) is 17.2 Å². The van der Waals surface area contributed by atoms with E-state index in [2.05, 4.69) is 50.1 Å². The number of esters is 1. The lowest BCUT2D eigenvalue weighted by atomic mass is 9.96. The summed E-state index contributed by atoms with van der Waals surface area (Å²) in [6, 6.07) is 28.6. The number of carbonyl (C=O) groups is 1. The van der Waals surface area contributed by atoms with Crippen molar-refractivity contribution < 1.29 is 19.0 Å². The molecule has 0 unspecified atom stereocenters. The molecule has 6 rings (SSSR count). The number of fused-ring (bicyclic) bond motifs is 3. The second kappa shape index (κ2) is 10.9. The molecule has 0 spiro atoms. The molecule has 0 fully saturated rings. The van der Waals surface area contributed by atoms with Gasteiger partial charge in [0.15, 0.2) is 0 Å². The van der Waals surface area contributed by atoms with Crippen LogP contribution in [-0.2, 0) is 0 Å². The highest BCUT2D eigenvalue weighted by Crippen LogP contribution is 2.48. The van der Waals surface area contributed by atoms with Gasteiger partial charge >= 0.3 is 5.97 Å². The first kappa shape index (κ1) is 25.6. The van der Waals surface area contributed by atoms with Crippen molar-refractivity contribution in [1.82, 2.24) is 5.01 Å². The largest absolute Gasteiger partial charge is 0.494 e. The molecular formula is C31H24Br2N2O4. The Kier molecular flexibility index (Phi) is 7.14. The Balaban J connectivity index is 1.28. The third-order valence-electron chi connectivity index (χ3n) is 6.71. The molecule has 0 aliphatic carbocycles. The number of hydrogen-bond donors (Lipinski definition) is 0. The molecule has 0 amide bonds. The lowest BCUT2D eigenvalue weighted by Crippen LogP contribution is -2.33. The van der Waals surface area contributed by atoms with Gasteiger partial charge in [0, 0.05) is 26.5 Å². The molecule has 4 aromatic carbocycles. The molecule has 0 radical (unpaired) electrons. The number of rotatable bonds is 6. The summed E-state index contributed by atoms with van der Waals surface area (Å²) < 4.78 is 19.6. The molecule has 39 heavy (non-hydrogen) atoms. The second-order valence-electron chi connectivity index (χ2n) is 9.22. The molecule has 4 aromatic rings. The van der Waals surface area contributed by atoms with Gasteiger partial charge in [-0.2, -0.15) is 5.10 Å². The summed E-state index contributed by atoms with van der Waals surface area (Å²) in [6.45, 7) is 2.60. The van der Waals surface area contributed by atoms with Crippen LogP contribution in [0.5, 0.6) is 17.2 Å². The van der Waals surface area contributed by atoms with E-state index in [4.69, 9.17) is 19.3 Å². The monoisotopic (exact) mass is 646 g/mol. The Morgan fingerprint density at radius 2 is 1.62 bits per heavy atom. The summed E-state index contributed by atoms with van der Waals surface area (Å²) in [4.78, 5) is 12.6. The fourth-order valence-electron chi connectivity index (χ4n) is 4.82. The molecule has 196 valence electrons. The molecule has 2 atom stereocenters. The number of ether oxygens (including phenoxy) is 3. The first-order chi connectivity index (χ1) is 19.0. The molecule has 2 aliphatic rings. The van der Waals surface area contributed by atoms with Gasteiger partial charge in [0.2, 0.25) is 6.23 Å². The molecule has 0 aromatic heterocycles. The number of halogens is 2. The highest BCUT2D eigenvalue weighted by Gasteiger charge is 2.41. The number of carbonyl (C=O) groups excluding carboxylic acids is 1. The highest BCUT2D eigenvalue weighted by molar-refractivity contribution is 9.10. The van der Waals surface area contributed by atoms with Crippen LogP contribution in [-0.4, -0.2) is 23.3 Å². The van der Waals surface area contributed by atoms with Gasteiger partial charge in [0.1, 0.15) is 17.2 Å². The Bertz CT molecular complexity index is 1540. The minimum Gasteiger partial charge on any atom is -0.494 e. The van der Waals surface area contributed by atoms with Crippen LogP contribution in [0.1, 0.15) is 52.7 Å². The van der Waals surface area contributed by atoms with Crippen LogP contribution in [0.25, 0.3) is 0 Å². The Morgan fingerprint density at radius 3 is 2.33 bits per heavy atom. The first-order valence-corrected chi connectivity index (χ1v) is 14.2. The third-order valence-corrected chi connectivity index (χ3v) is 7.73. The SMILES string of the molecule is CCOc1ccc(C2=NN3[C@H](C2)c2cc(Br)ccc2O[C@H]3c2ccc(OC(=O)c3ccc(Br)cc3)cc2)cc1. The maximum Gasteiger partial charge on any atom is 0.343 e. The first-order valence-electron chi connectivity index (χ1n) is 12.6. The highest BCUT2D eigenvalue weighted by atomic mass is 79.9. The maximum absolute atomic E-state index is 12.6. The quantitative estimate of drug-likeness (QED) is 0.156. The van der Waals surface area contributed by atoms with E-state index in [-0.39, 0.29) is 6.04 Å². The fourth-order valence-corrected chi connectivity index (χ4v) is 5.46. The molecule has 8 heteroatoms. The minimum absolute atomic E-state index is 0.0210.